The van der Waals surface area contributed by atoms with Gasteiger partial charge in [-0.15, -0.1) is 0 Å². The van der Waals surface area contributed by atoms with Crippen molar-refractivity contribution in [2.45, 2.75) is 61.3 Å². The maximum Gasteiger partial charge on any atom is -0.0443 e. The third kappa shape index (κ3) is 10.9. The minimum Gasteiger partial charge on any atom is -0.0776 e. The van der Waals surface area contributed by atoms with E-state index in [2.05, 4.69) is 20.8 Å². The second kappa shape index (κ2) is 11.8. The zero-order valence-corrected chi connectivity index (χ0v) is 6.41. The third-order valence-corrected chi connectivity index (χ3v) is 1.56. The van der Waals surface area contributed by atoms with Crippen molar-refractivity contribution in [3.05, 3.63) is 0 Å². The summed E-state index contributed by atoms with van der Waals surface area (Å²) >= 11 is 0. The lowest BCUT2D eigenvalue weighted by Gasteiger charge is -2.05. The van der Waals surface area contributed by atoms with E-state index in [-0.39, 0.29) is 14.9 Å². The Morgan fingerprint density at radius 3 is 1.40 bits per heavy atom. The Balaban J connectivity index is -0.000000245. The molecule has 0 saturated carbocycles. The minimum atomic E-state index is 0. The first-order valence-electron chi connectivity index (χ1n) is 3.81. The molecule has 0 nitrogen and oxygen atoms in total. The summed E-state index contributed by atoms with van der Waals surface area (Å²) in [6.07, 6.45) is 5.52. The average Bonchev–Trinajstić information content (AvgIpc) is 1.68. The summed E-state index contributed by atoms with van der Waals surface area (Å²) in [5, 5.41) is 0. The van der Waals surface area contributed by atoms with Gasteiger partial charge in [0.05, 0.1) is 0 Å². The van der Waals surface area contributed by atoms with E-state index in [9.17, 15) is 0 Å². The van der Waals surface area contributed by atoms with Gasteiger partial charge in [-0.25, -0.2) is 0 Å². The molecule has 0 unspecified atom stereocenters. The summed E-state index contributed by atoms with van der Waals surface area (Å²) in [5.41, 5.74) is 0. The molecule has 66 valence electrons. The third-order valence-electron chi connectivity index (χ3n) is 1.56. The predicted molar refractivity (Wildman–Crippen MR) is 52.4 cm³/mol. The van der Waals surface area contributed by atoms with Crippen molar-refractivity contribution in [2.75, 3.05) is 0 Å². The quantitative estimate of drug-likeness (QED) is 0.548. The number of rotatable bonds is 4. The van der Waals surface area contributed by atoms with Crippen LogP contribution >= 0.6 is 0 Å². The van der Waals surface area contributed by atoms with Crippen molar-refractivity contribution in [2.24, 2.45) is 5.92 Å². The van der Waals surface area contributed by atoms with Crippen LogP contribution in [-0.4, -0.2) is 0 Å². The maximum absolute atomic E-state index is 2.34. The fourth-order valence-electron chi connectivity index (χ4n) is 1.13. The molecule has 0 N–H and O–H groups in total. The number of hydrogen-bond donors (Lipinski definition) is 0. The van der Waals surface area contributed by atoms with Crippen LogP contribution < -0.4 is 0 Å². The van der Waals surface area contributed by atoms with Crippen molar-refractivity contribution >= 4 is 0 Å². The van der Waals surface area contributed by atoms with Gasteiger partial charge in [0.1, 0.15) is 0 Å². The van der Waals surface area contributed by atoms with Crippen LogP contribution in [0.15, 0.2) is 0 Å². The van der Waals surface area contributed by atoms with E-state index in [1.54, 1.807) is 0 Å². The number of hydrogen-bond acceptors (Lipinski definition) is 0. The summed E-state index contributed by atoms with van der Waals surface area (Å²) in [4.78, 5) is 0. The largest absolute Gasteiger partial charge is 0.0776 e. The first kappa shape index (κ1) is 16.5. The van der Waals surface area contributed by atoms with E-state index in [1.165, 1.54) is 25.7 Å². The van der Waals surface area contributed by atoms with Crippen LogP contribution in [0.3, 0.4) is 0 Å². The highest BCUT2D eigenvalue weighted by Crippen LogP contribution is 2.10. The summed E-state index contributed by atoms with van der Waals surface area (Å²) in [6, 6.07) is 0. The van der Waals surface area contributed by atoms with Crippen LogP contribution in [0, 0.1) is 5.92 Å². The van der Waals surface area contributed by atoms with Gasteiger partial charge in [-0.1, -0.05) is 61.3 Å². The molecule has 0 rings (SSSR count). The molecule has 0 amide bonds. The second-order valence-corrected chi connectivity index (χ2v) is 2.68. The van der Waals surface area contributed by atoms with Crippen LogP contribution in [0.5, 0.6) is 0 Å². The Bertz CT molecular complexity index is 33.3. The topological polar surface area (TPSA) is 0 Å². The Kier molecular flexibility index (Phi) is 19.4. The van der Waals surface area contributed by atoms with Gasteiger partial charge in [-0.2, -0.15) is 0 Å². The molecule has 0 spiro atoms. The summed E-state index contributed by atoms with van der Waals surface area (Å²) in [7, 11) is 0. The van der Waals surface area contributed by atoms with E-state index < -0.39 is 0 Å². The van der Waals surface area contributed by atoms with E-state index in [4.69, 9.17) is 0 Å². The van der Waals surface area contributed by atoms with Crippen molar-refractivity contribution < 1.29 is 0 Å². The van der Waals surface area contributed by atoms with Crippen molar-refractivity contribution in [1.82, 2.24) is 0 Å². The molecule has 0 fully saturated rings. The highest BCUT2D eigenvalue weighted by Gasteiger charge is 1.95. The normalized spacial score (nSPS) is 8.40. The van der Waals surface area contributed by atoms with Crippen LogP contribution in [0.1, 0.15) is 61.3 Å². The van der Waals surface area contributed by atoms with Gasteiger partial charge in [0.2, 0.25) is 0 Å². The fraction of sp³-hybridized carbons (Fsp3) is 1.00. The Hall–Kier alpha value is 0. The molecule has 0 aliphatic heterocycles. The Labute approximate surface area is 68.0 Å². The molecule has 10 heavy (non-hydrogen) atoms. The van der Waals surface area contributed by atoms with Crippen LogP contribution in [0.4, 0.5) is 0 Å². The summed E-state index contributed by atoms with van der Waals surface area (Å²) in [6.45, 7) is 6.85. The Morgan fingerprint density at radius 2 is 1.20 bits per heavy atom. The second-order valence-electron chi connectivity index (χ2n) is 2.68. The Morgan fingerprint density at radius 1 is 0.900 bits per heavy atom. The lowest BCUT2D eigenvalue weighted by molar-refractivity contribution is 0.480. The molecule has 0 aromatic carbocycles. The van der Waals surface area contributed by atoms with Crippen molar-refractivity contribution in [1.29, 1.82) is 0 Å². The highest BCUT2D eigenvalue weighted by atomic mass is 14.0. The molecule has 0 heteroatoms. The van der Waals surface area contributed by atoms with E-state index in [0.717, 1.165) is 5.92 Å². The summed E-state index contributed by atoms with van der Waals surface area (Å²) < 4.78 is 0. The van der Waals surface area contributed by atoms with Gasteiger partial charge in [0.25, 0.3) is 0 Å². The first-order valence-corrected chi connectivity index (χ1v) is 3.81. The zero-order valence-electron chi connectivity index (χ0n) is 6.41. The van der Waals surface area contributed by atoms with Gasteiger partial charge in [0.15, 0.2) is 0 Å². The standard InChI is InChI=1S/C8H18.2CH4/c1-4-6-8(3)7-5-2;;/h8H,4-7H2,1-3H3;2*1H4. The molecule has 0 atom stereocenters. The van der Waals surface area contributed by atoms with Gasteiger partial charge >= 0.3 is 0 Å². The first-order chi connectivity index (χ1) is 3.81. The maximum atomic E-state index is 2.34. The van der Waals surface area contributed by atoms with Crippen molar-refractivity contribution in [3.8, 4) is 0 Å². The monoisotopic (exact) mass is 146 g/mol. The SMILES string of the molecule is C.C.CCCC(C)CCC. The minimum absolute atomic E-state index is 0. The highest BCUT2D eigenvalue weighted by molar-refractivity contribution is 4.48. The van der Waals surface area contributed by atoms with Gasteiger partial charge < -0.3 is 0 Å². The van der Waals surface area contributed by atoms with Gasteiger partial charge in [0, 0.05) is 0 Å². The molecule has 0 heterocycles. The molecule has 0 aliphatic carbocycles. The van der Waals surface area contributed by atoms with Gasteiger partial charge in [-0.3, -0.25) is 0 Å². The van der Waals surface area contributed by atoms with Crippen molar-refractivity contribution in [3.63, 3.8) is 0 Å². The molecule has 0 aromatic rings. The predicted octanol–water partition coefficient (Wildman–Crippen LogP) is 4.49. The molecule has 0 aliphatic rings. The molecule has 0 aromatic heterocycles. The fourth-order valence-corrected chi connectivity index (χ4v) is 1.13. The lowest BCUT2D eigenvalue weighted by atomic mass is 10.0. The lowest BCUT2D eigenvalue weighted by Crippen LogP contribution is -1.91. The van der Waals surface area contributed by atoms with E-state index in [0.29, 0.717) is 0 Å². The van der Waals surface area contributed by atoms with Gasteiger partial charge in [-0.05, 0) is 5.92 Å². The molecule has 0 bridgehead atoms. The van der Waals surface area contributed by atoms with E-state index in [1.807, 2.05) is 0 Å². The molecular formula is C10H26. The summed E-state index contributed by atoms with van der Waals surface area (Å²) in [5.74, 6) is 0.963. The molecule has 0 saturated heterocycles. The smallest absolute Gasteiger partial charge is 0.0443 e. The molecule has 0 radical (unpaired) electrons. The molecular weight excluding hydrogens is 120 g/mol. The zero-order chi connectivity index (χ0) is 6.41. The average molecular weight is 146 g/mol. The van der Waals surface area contributed by atoms with E-state index >= 15 is 0 Å². The van der Waals surface area contributed by atoms with Crippen LogP contribution in [-0.2, 0) is 0 Å². The van der Waals surface area contributed by atoms with Crippen LogP contribution in [0.25, 0.3) is 0 Å². The van der Waals surface area contributed by atoms with Crippen LogP contribution in [0.2, 0.25) is 0 Å².